The summed E-state index contributed by atoms with van der Waals surface area (Å²) in [6.45, 7) is 10.6. The molecule has 2 unspecified atom stereocenters. The molecule has 2 heterocycles. The quantitative estimate of drug-likeness (QED) is 0.859. The lowest BCUT2D eigenvalue weighted by Gasteiger charge is -2.23. The number of hydrogen-bond acceptors (Lipinski definition) is 2. The highest BCUT2D eigenvalue weighted by molar-refractivity contribution is 5.37. The molecule has 0 aliphatic carbocycles. The molecule has 1 aromatic rings. The van der Waals surface area contributed by atoms with Gasteiger partial charge in [-0.3, -0.25) is 4.90 Å². The summed E-state index contributed by atoms with van der Waals surface area (Å²) in [5.74, 6) is 1.71. The first kappa shape index (κ1) is 12.2. The van der Waals surface area contributed by atoms with E-state index in [1.165, 1.54) is 25.1 Å². The first-order chi connectivity index (χ1) is 8.74. The van der Waals surface area contributed by atoms with Gasteiger partial charge in [0.2, 0.25) is 0 Å². The molecule has 0 bridgehead atoms. The summed E-state index contributed by atoms with van der Waals surface area (Å²) >= 11 is 0. The van der Waals surface area contributed by atoms with E-state index in [1.54, 1.807) is 11.1 Å². The smallest absolute Gasteiger partial charge is 0.0236 e. The maximum Gasteiger partial charge on any atom is 0.0236 e. The van der Waals surface area contributed by atoms with Crippen LogP contribution in [0.4, 0.5) is 0 Å². The van der Waals surface area contributed by atoms with Crippen LogP contribution in [0.25, 0.3) is 0 Å². The molecule has 1 aromatic carbocycles. The molecule has 0 saturated carbocycles. The van der Waals surface area contributed by atoms with Gasteiger partial charge in [-0.2, -0.15) is 0 Å². The van der Waals surface area contributed by atoms with Crippen molar-refractivity contribution in [3.8, 4) is 0 Å². The Morgan fingerprint density at radius 3 is 2.78 bits per heavy atom. The minimum Gasteiger partial charge on any atom is -0.312 e. The third kappa shape index (κ3) is 2.32. The Hall–Kier alpha value is -0.860. The summed E-state index contributed by atoms with van der Waals surface area (Å²) in [5, 5.41) is 3.46. The summed E-state index contributed by atoms with van der Waals surface area (Å²) in [4.78, 5) is 2.63. The van der Waals surface area contributed by atoms with E-state index in [2.05, 4.69) is 42.3 Å². The van der Waals surface area contributed by atoms with Gasteiger partial charge in [0, 0.05) is 26.2 Å². The number of rotatable bonds is 2. The second-order valence-electron chi connectivity index (χ2n) is 6.13. The standard InChI is InChI=1S/C16H24N2/c1-12-9-18(10-13(12)2)11-15-5-3-4-14-8-17-7-6-16(14)15/h3-5,12-13,17H,6-11H2,1-2H3. The average molecular weight is 244 g/mol. The largest absolute Gasteiger partial charge is 0.312 e. The topological polar surface area (TPSA) is 15.3 Å². The van der Waals surface area contributed by atoms with E-state index in [-0.39, 0.29) is 0 Å². The summed E-state index contributed by atoms with van der Waals surface area (Å²) in [6, 6.07) is 6.84. The van der Waals surface area contributed by atoms with Gasteiger partial charge >= 0.3 is 0 Å². The number of fused-ring (bicyclic) bond motifs is 1. The molecule has 1 fully saturated rings. The van der Waals surface area contributed by atoms with Crippen molar-refractivity contribution in [1.82, 2.24) is 10.2 Å². The monoisotopic (exact) mass is 244 g/mol. The predicted molar refractivity (Wildman–Crippen MR) is 75.5 cm³/mol. The molecule has 0 spiro atoms. The van der Waals surface area contributed by atoms with Gasteiger partial charge in [-0.15, -0.1) is 0 Å². The summed E-state index contributed by atoms with van der Waals surface area (Å²) in [6.07, 6.45) is 1.20. The van der Waals surface area contributed by atoms with Gasteiger partial charge in [-0.05, 0) is 41.5 Å². The molecule has 2 nitrogen and oxygen atoms in total. The van der Waals surface area contributed by atoms with Gasteiger partial charge in [0.25, 0.3) is 0 Å². The zero-order chi connectivity index (χ0) is 12.5. The highest BCUT2D eigenvalue weighted by Gasteiger charge is 2.26. The molecule has 2 atom stereocenters. The molecule has 0 radical (unpaired) electrons. The van der Waals surface area contributed by atoms with Crippen molar-refractivity contribution in [3.63, 3.8) is 0 Å². The molecule has 2 heteroatoms. The van der Waals surface area contributed by atoms with Crippen molar-refractivity contribution < 1.29 is 0 Å². The summed E-state index contributed by atoms with van der Waals surface area (Å²) in [5.41, 5.74) is 4.69. The van der Waals surface area contributed by atoms with Crippen LogP contribution in [0.15, 0.2) is 18.2 Å². The Morgan fingerprint density at radius 1 is 1.22 bits per heavy atom. The van der Waals surface area contributed by atoms with Crippen molar-refractivity contribution in [2.45, 2.75) is 33.4 Å². The normalized spacial score (nSPS) is 28.3. The minimum atomic E-state index is 0.853. The van der Waals surface area contributed by atoms with Crippen LogP contribution >= 0.6 is 0 Å². The number of benzene rings is 1. The van der Waals surface area contributed by atoms with E-state index in [0.29, 0.717) is 0 Å². The lowest BCUT2D eigenvalue weighted by atomic mass is 9.95. The minimum absolute atomic E-state index is 0.853. The van der Waals surface area contributed by atoms with Gasteiger partial charge in [0.1, 0.15) is 0 Å². The second kappa shape index (κ2) is 5.02. The van der Waals surface area contributed by atoms with E-state index >= 15 is 0 Å². The Bertz CT molecular complexity index is 417. The molecule has 2 aliphatic heterocycles. The molecule has 0 aromatic heterocycles. The Kier molecular flexibility index (Phi) is 3.40. The molecule has 1 N–H and O–H groups in total. The third-order valence-corrected chi connectivity index (χ3v) is 4.70. The van der Waals surface area contributed by atoms with Crippen molar-refractivity contribution in [3.05, 3.63) is 34.9 Å². The Labute approximate surface area is 110 Å². The van der Waals surface area contributed by atoms with E-state index in [1.807, 2.05) is 0 Å². The van der Waals surface area contributed by atoms with Crippen molar-refractivity contribution >= 4 is 0 Å². The van der Waals surface area contributed by atoms with Crippen LogP contribution in [0, 0.1) is 11.8 Å². The molecule has 18 heavy (non-hydrogen) atoms. The molecule has 1 saturated heterocycles. The molecule has 3 rings (SSSR count). The zero-order valence-corrected chi connectivity index (χ0v) is 11.6. The van der Waals surface area contributed by atoms with Crippen molar-refractivity contribution in [1.29, 1.82) is 0 Å². The van der Waals surface area contributed by atoms with Crippen molar-refractivity contribution in [2.75, 3.05) is 19.6 Å². The fraction of sp³-hybridized carbons (Fsp3) is 0.625. The second-order valence-corrected chi connectivity index (χ2v) is 6.13. The maximum absolute atomic E-state index is 3.46. The molecule has 98 valence electrons. The first-order valence-electron chi connectivity index (χ1n) is 7.26. The van der Waals surface area contributed by atoms with Crippen LogP contribution in [0.2, 0.25) is 0 Å². The van der Waals surface area contributed by atoms with Gasteiger partial charge < -0.3 is 5.32 Å². The SMILES string of the molecule is CC1CN(Cc2cccc3c2CCNC3)CC1C. The van der Waals surface area contributed by atoms with Crippen LogP contribution in [0.3, 0.4) is 0 Å². The molecule has 0 amide bonds. The predicted octanol–water partition coefficient (Wildman–Crippen LogP) is 2.42. The lowest BCUT2D eigenvalue weighted by Crippen LogP contribution is -2.27. The number of hydrogen-bond donors (Lipinski definition) is 1. The third-order valence-electron chi connectivity index (χ3n) is 4.70. The Morgan fingerprint density at radius 2 is 2.00 bits per heavy atom. The average Bonchev–Trinajstić information content (AvgIpc) is 2.69. The van der Waals surface area contributed by atoms with Crippen LogP contribution in [0.1, 0.15) is 30.5 Å². The Balaban J connectivity index is 1.77. The van der Waals surface area contributed by atoms with Gasteiger partial charge in [-0.25, -0.2) is 0 Å². The fourth-order valence-corrected chi connectivity index (χ4v) is 3.38. The highest BCUT2D eigenvalue weighted by atomic mass is 15.1. The number of nitrogens with zero attached hydrogens (tertiary/aromatic N) is 1. The molecular formula is C16H24N2. The lowest BCUT2D eigenvalue weighted by molar-refractivity contribution is 0.314. The first-order valence-corrected chi connectivity index (χ1v) is 7.26. The van der Waals surface area contributed by atoms with Crippen LogP contribution in [-0.4, -0.2) is 24.5 Å². The van der Waals surface area contributed by atoms with Crippen molar-refractivity contribution in [2.24, 2.45) is 11.8 Å². The molecular weight excluding hydrogens is 220 g/mol. The van der Waals surface area contributed by atoms with Gasteiger partial charge in [-0.1, -0.05) is 32.0 Å². The van der Waals surface area contributed by atoms with E-state index < -0.39 is 0 Å². The molecule has 2 aliphatic rings. The van der Waals surface area contributed by atoms with Crippen LogP contribution in [0.5, 0.6) is 0 Å². The zero-order valence-electron chi connectivity index (χ0n) is 11.6. The van der Waals surface area contributed by atoms with E-state index in [4.69, 9.17) is 0 Å². The van der Waals surface area contributed by atoms with Crippen LogP contribution in [-0.2, 0) is 19.5 Å². The van der Waals surface area contributed by atoms with Gasteiger partial charge in [0.15, 0.2) is 0 Å². The van der Waals surface area contributed by atoms with Crippen LogP contribution < -0.4 is 5.32 Å². The highest BCUT2D eigenvalue weighted by Crippen LogP contribution is 2.26. The maximum atomic E-state index is 3.46. The number of likely N-dealkylation sites (tertiary alicyclic amines) is 1. The van der Waals surface area contributed by atoms with E-state index in [9.17, 15) is 0 Å². The summed E-state index contributed by atoms with van der Waals surface area (Å²) < 4.78 is 0. The van der Waals surface area contributed by atoms with Gasteiger partial charge in [0.05, 0.1) is 0 Å². The summed E-state index contributed by atoms with van der Waals surface area (Å²) in [7, 11) is 0. The fourth-order valence-electron chi connectivity index (χ4n) is 3.38. The number of nitrogens with one attached hydrogen (secondary N) is 1. The van der Waals surface area contributed by atoms with E-state index in [0.717, 1.165) is 31.5 Å².